The Kier molecular flexibility index (Phi) is 7.97. The fraction of sp³-hybridized carbons (Fsp3) is 1.00. The Bertz CT molecular complexity index is 206. The van der Waals surface area contributed by atoms with Crippen LogP contribution in [0.4, 0.5) is 13.2 Å². The SMILES string of the molecule is CCCCCCC(CCCC)C(C)(C)C(F)(F)F. The minimum atomic E-state index is -4.09. The lowest BCUT2D eigenvalue weighted by Crippen LogP contribution is -2.39. The summed E-state index contributed by atoms with van der Waals surface area (Å²) < 4.78 is 39.3. The summed E-state index contributed by atoms with van der Waals surface area (Å²) in [7, 11) is 0. The molecule has 0 saturated heterocycles. The molecular formula is C15H29F3. The molecule has 0 N–H and O–H groups in total. The van der Waals surface area contributed by atoms with Gasteiger partial charge in [-0.3, -0.25) is 0 Å². The Morgan fingerprint density at radius 1 is 0.778 bits per heavy atom. The lowest BCUT2D eigenvalue weighted by atomic mass is 9.73. The van der Waals surface area contributed by atoms with Crippen molar-refractivity contribution in [3.63, 3.8) is 0 Å². The Labute approximate surface area is 110 Å². The van der Waals surface area contributed by atoms with Gasteiger partial charge in [-0.1, -0.05) is 66.2 Å². The third-order valence-electron chi connectivity index (χ3n) is 4.06. The molecule has 0 amide bonds. The van der Waals surface area contributed by atoms with Crippen molar-refractivity contribution in [3.05, 3.63) is 0 Å². The zero-order chi connectivity index (χ0) is 14.2. The summed E-state index contributed by atoms with van der Waals surface area (Å²) >= 11 is 0. The summed E-state index contributed by atoms with van der Waals surface area (Å²) in [5.74, 6) is -0.227. The minimum Gasteiger partial charge on any atom is -0.171 e. The predicted octanol–water partition coefficient (Wildman–Crippen LogP) is 6.35. The van der Waals surface area contributed by atoms with E-state index in [2.05, 4.69) is 6.92 Å². The summed E-state index contributed by atoms with van der Waals surface area (Å²) in [6.45, 7) is 6.89. The van der Waals surface area contributed by atoms with E-state index in [0.717, 1.165) is 38.5 Å². The molecule has 0 nitrogen and oxygen atoms in total. The van der Waals surface area contributed by atoms with Crippen LogP contribution in [0.15, 0.2) is 0 Å². The van der Waals surface area contributed by atoms with E-state index in [1.807, 2.05) is 6.92 Å². The van der Waals surface area contributed by atoms with Gasteiger partial charge in [-0.2, -0.15) is 13.2 Å². The Morgan fingerprint density at radius 3 is 1.72 bits per heavy atom. The van der Waals surface area contributed by atoms with Crippen LogP contribution in [0, 0.1) is 11.3 Å². The van der Waals surface area contributed by atoms with Crippen LogP contribution in [0.5, 0.6) is 0 Å². The van der Waals surface area contributed by atoms with E-state index in [1.54, 1.807) is 0 Å². The molecule has 110 valence electrons. The number of rotatable bonds is 9. The van der Waals surface area contributed by atoms with E-state index >= 15 is 0 Å². The molecule has 0 aliphatic carbocycles. The summed E-state index contributed by atoms with van der Waals surface area (Å²) in [4.78, 5) is 0. The lowest BCUT2D eigenvalue weighted by molar-refractivity contribution is -0.231. The fourth-order valence-electron chi connectivity index (χ4n) is 2.37. The van der Waals surface area contributed by atoms with Gasteiger partial charge in [-0.25, -0.2) is 0 Å². The van der Waals surface area contributed by atoms with Crippen molar-refractivity contribution in [1.29, 1.82) is 0 Å². The molecule has 18 heavy (non-hydrogen) atoms. The molecule has 0 aromatic heterocycles. The van der Waals surface area contributed by atoms with Gasteiger partial charge in [0.25, 0.3) is 0 Å². The average Bonchev–Trinajstić information content (AvgIpc) is 2.26. The van der Waals surface area contributed by atoms with Gasteiger partial charge in [0.05, 0.1) is 5.41 Å². The van der Waals surface area contributed by atoms with Gasteiger partial charge >= 0.3 is 6.18 Å². The maximum atomic E-state index is 13.1. The van der Waals surface area contributed by atoms with Gasteiger partial charge < -0.3 is 0 Å². The summed E-state index contributed by atoms with van der Waals surface area (Å²) in [6.07, 6.45) is 3.46. The summed E-state index contributed by atoms with van der Waals surface area (Å²) in [5.41, 5.74) is -1.55. The summed E-state index contributed by atoms with van der Waals surface area (Å²) in [5, 5.41) is 0. The van der Waals surface area contributed by atoms with Gasteiger partial charge in [0.15, 0.2) is 0 Å². The third kappa shape index (κ3) is 5.62. The smallest absolute Gasteiger partial charge is 0.171 e. The van der Waals surface area contributed by atoms with Gasteiger partial charge in [0.2, 0.25) is 0 Å². The second kappa shape index (κ2) is 8.06. The predicted molar refractivity (Wildman–Crippen MR) is 71.6 cm³/mol. The molecule has 0 heterocycles. The molecule has 1 unspecified atom stereocenters. The van der Waals surface area contributed by atoms with Crippen molar-refractivity contribution < 1.29 is 13.2 Å². The highest BCUT2D eigenvalue weighted by atomic mass is 19.4. The molecule has 0 aromatic carbocycles. The fourth-order valence-corrected chi connectivity index (χ4v) is 2.37. The molecule has 0 spiro atoms. The first-order valence-electron chi connectivity index (χ1n) is 7.34. The number of hydrogen-bond donors (Lipinski definition) is 0. The largest absolute Gasteiger partial charge is 0.394 e. The van der Waals surface area contributed by atoms with Crippen molar-refractivity contribution in [3.8, 4) is 0 Å². The monoisotopic (exact) mass is 266 g/mol. The highest BCUT2D eigenvalue weighted by Crippen LogP contribution is 2.47. The van der Waals surface area contributed by atoms with E-state index in [0.29, 0.717) is 12.8 Å². The lowest BCUT2D eigenvalue weighted by Gasteiger charge is -2.36. The number of alkyl halides is 3. The van der Waals surface area contributed by atoms with Crippen LogP contribution in [0.2, 0.25) is 0 Å². The number of halogens is 3. The molecule has 0 aromatic rings. The molecule has 0 saturated carbocycles. The van der Waals surface area contributed by atoms with Crippen molar-refractivity contribution >= 4 is 0 Å². The van der Waals surface area contributed by atoms with E-state index in [-0.39, 0.29) is 5.92 Å². The first-order valence-corrected chi connectivity index (χ1v) is 7.34. The van der Waals surface area contributed by atoms with Gasteiger partial charge in [0.1, 0.15) is 0 Å². The third-order valence-corrected chi connectivity index (χ3v) is 4.06. The van der Waals surface area contributed by atoms with Crippen LogP contribution in [0.25, 0.3) is 0 Å². The molecule has 1 atom stereocenters. The highest BCUT2D eigenvalue weighted by Gasteiger charge is 2.51. The normalized spacial score (nSPS) is 14.8. The van der Waals surface area contributed by atoms with Gasteiger partial charge in [-0.15, -0.1) is 0 Å². The first kappa shape index (κ1) is 17.8. The van der Waals surface area contributed by atoms with E-state index in [9.17, 15) is 13.2 Å². The van der Waals surface area contributed by atoms with Gasteiger partial charge in [0, 0.05) is 0 Å². The molecule has 0 radical (unpaired) electrons. The second-order valence-electron chi connectivity index (χ2n) is 5.91. The zero-order valence-corrected chi connectivity index (χ0v) is 12.4. The van der Waals surface area contributed by atoms with Crippen LogP contribution in [0.1, 0.15) is 79.1 Å². The second-order valence-corrected chi connectivity index (χ2v) is 5.91. The highest BCUT2D eigenvalue weighted by molar-refractivity contribution is 4.85. The molecular weight excluding hydrogens is 237 g/mol. The summed E-state index contributed by atoms with van der Waals surface area (Å²) in [6, 6.07) is 0. The van der Waals surface area contributed by atoms with Crippen LogP contribution in [-0.2, 0) is 0 Å². The molecule has 3 heteroatoms. The maximum absolute atomic E-state index is 13.1. The van der Waals surface area contributed by atoms with Crippen LogP contribution >= 0.6 is 0 Å². The van der Waals surface area contributed by atoms with Gasteiger partial charge in [-0.05, 0) is 18.8 Å². The van der Waals surface area contributed by atoms with Crippen molar-refractivity contribution in [2.75, 3.05) is 0 Å². The van der Waals surface area contributed by atoms with Crippen LogP contribution in [-0.4, -0.2) is 6.18 Å². The number of unbranched alkanes of at least 4 members (excludes halogenated alkanes) is 4. The molecule has 0 aliphatic heterocycles. The van der Waals surface area contributed by atoms with E-state index < -0.39 is 11.6 Å². The topological polar surface area (TPSA) is 0 Å². The minimum absolute atomic E-state index is 0.227. The van der Waals surface area contributed by atoms with Crippen molar-refractivity contribution in [1.82, 2.24) is 0 Å². The standard InChI is InChI=1S/C15H29F3/c1-5-7-9-10-12-13(11-8-6-2)14(3,4)15(16,17)18/h13H,5-12H2,1-4H3. The van der Waals surface area contributed by atoms with E-state index in [1.165, 1.54) is 13.8 Å². The zero-order valence-electron chi connectivity index (χ0n) is 12.4. The molecule has 0 fully saturated rings. The molecule has 0 bridgehead atoms. The average molecular weight is 266 g/mol. The quantitative estimate of drug-likeness (QED) is 0.426. The molecule has 0 rings (SSSR count). The van der Waals surface area contributed by atoms with Crippen molar-refractivity contribution in [2.24, 2.45) is 11.3 Å². The molecule has 0 aliphatic rings. The Balaban J connectivity index is 4.46. The van der Waals surface area contributed by atoms with E-state index in [4.69, 9.17) is 0 Å². The van der Waals surface area contributed by atoms with Crippen molar-refractivity contribution in [2.45, 2.75) is 85.2 Å². The first-order chi connectivity index (χ1) is 8.27. The van der Waals surface area contributed by atoms with Crippen LogP contribution in [0.3, 0.4) is 0 Å². The Morgan fingerprint density at radius 2 is 1.28 bits per heavy atom. The Hall–Kier alpha value is -0.210. The maximum Gasteiger partial charge on any atom is 0.394 e. The number of hydrogen-bond acceptors (Lipinski definition) is 0. The van der Waals surface area contributed by atoms with Crippen LogP contribution < -0.4 is 0 Å².